The highest BCUT2D eigenvalue weighted by Crippen LogP contribution is 2.39. The molecule has 0 aromatic heterocycles. The number of carboxylic acid groups (broad SMARTS) is 1. The molecule has 1 rings (SSSR count). The predicted molar refractivity (Wildman–Crippen MR) is 68.7 cm³/mol. The van der Waals surface area contributed by atoms with Crippen LogP contribution in [-0.2, 0) is 9.59 Å². The molecule has 3 unspecified atom stereocenters. The Bertz CT molecular complexity index is 417. The van der Waals surface area contributed by atoms with Crippen LogP contribution in [0.5, 0.6) is 0 Å². The molecule has 1 aliphatic rings. The van der Waals surface area contributed by atoms with Crippen LogP contribution in [0.2, 0.25) is 0 Å². The van der Waals surface area contributed by atoms with E-state index in [1.165, 1.54) is 4.90 Å². The average Bonchev–Trinajstić information content (AvgIpc) is 2.82. The third-order valence-electron chi connectivity index (χ3n) is 3.73. The number of carbonyl (C=O) groups is 2. The fourth-order valence-corrected chi connectivity index (χ4v) is 2.66. The van der Waals surface area contributed by atoms with Gasteiger partial charge in [-0.3, -0.25) is 9.59 Å². The van der Waals surface area contributed by atoms with Crippen LogP contribution in [0, 0.1) is 41.4 Å². The number of rotatable bonds is 5. The molecule has 102 valence electrons. The topological polar surface area (TPSA) is 81.4 Å². The van der Waals surface area contributed by atoms with Gasteiger partial charge < -0.3 is 10.0 Å². The number of nitrogens with zero attached hydrogens (tertiary/aromatic N) is 2. The molecule has 0 saturated heterocycles. The Kier molecular flexibility index (Phi) is 5.38. The van der Waals surface area contributed by atoms with E-state index >= 15 is 0 Å². The summed E-state index contributed by atoms with van der Waals surface area (Å²) in [7, 11) is 0. The van der Waals surface area contributed by atoms with E-state index in [0.29, 0.717) is 12.8 Å². The number of aliphatic carboxylic acids is 1. The standard InChI is InChI=1S/C14H18N2O3/c1-3-6-16(7-5-15)13(17)11-8-10(4-2)9-12(11)14(18)19/h1,10-12H,4,6-9H2,2H3,(H,18,19). The van der Waals surface area contributed by atoms with Gasteiger partial charge in [-0.15, -0.1) is 6.42 Å². The van der Waals surface area contributed by atoms with E-state index in [1.807, 2.05) is 13.0 Å². The molecule has 0 bridgehead atoms. The van der Waals surface area contributed by atoms with Crippen molar-refractivity contribution in [2.45, 2.75) is 26.2 Å². The highest BCUT2D eigenvalue weighted by molar-refractivity contribution is 5.85. The molecule has 3 atom stereocenters. The maximum absolute atomic E-state index is 12.3. The second kappa shape index (κ2) is 6.80. The maximum Gasteiger partial charge on any atom is 0.307 e. The first kappa shape index (κ1) is 15.0. The molecule has 1 aliphatic carbocycles. The summed E-state index contributed by atoms with van der Waals surface area (Å²) in [6, 6.07) is 1.89. The van der Waals surface area contributed by atoms with E-state index in [0.717, 1.165) is 6.42 Å². The third kappa shape index (κ3) is 3.48. The number of hydrogen-bond acceptors (Lipinski definition) is 3. The minimum atomic E-state index is -0.938. The van der Waals surface area contributed by atoms with Crippen LogP contribution in [0.25, 0.3) is 0 Å². The monoisotopic (exact) mass is 262 g/mol. The van der Waals surface area contributed by atoms with Gasteiger partial charge in [0.2, 0.25) is 5.91 Å². The molecule has 19 heavy (non-hydrogen) atoms. The van der Waals surface area contributed by atoms with Crippen LogP contribution in [0.4, 0.5) is 0 Å². The van der Waals surface area contributed by atoms with Crippen molar-refractivity contribution >= 4 is 11.9 Å². The molecule has 5 heteroatoms. The summed E-state index contributed by atoms with van der Waals surface area (Å²) >= 11 is 0. The van der Waals surface area contributed by atoms with E-state index in [9.17, 15) is 14.7 Å². The minimum Gasteiger partial charge on any atom is -0.481 e. The van der Waals surface area contributed by atoms with Crippen molar-refractivity contribution in [1.82, 2.24) is 4.90 Å². The van der Waals surface area contributed by atoms with Crippen LogP contribution in [0.1, 0.15) is 26.2 Å². The van der Waals surface area contributed by atoms with Crippen molar-refractivity contribution in [2.24, 2.45) is 17.8 Å². The molecule has 1 fully saturated rings. The first-order chi connectivity index (χ1) is 9.04. The van der Waals surface area contributed by atoms with Gasteiger partial charge in [-0.1, -0.05) is 19.3 Å². The number of nitriles is 1. The molecule has 0 radical (unpaired) electrons. The number of terminal acetylenes is 1. The first-order valence-electron chi connectivity index (χ1n) is 6.37. The summed E-state index contributed by atoms with van der Waals surface area (Å²) in [6.07, 6.45) is 7.13. The Morgan fingerprint density at radius 1 is 1.37 bits per heavy atom. The van der Waals surface area contributed by atoms with Crippen LogP contribution in [0.15, 0.2) is 0 Å². The second-order valence-corrected chi connectivity index (χ2v) is 4.85. The maximum atomic E-state index is 12.3. The van der Waals surface area contributed by atoms with Crippen molar-refractivity contribution in [3.63, 3.8) is 0 Å². The Balaban J connectivity index is 2.86. The van der Waals surface area contributed by atoms with E-state index in [4.69, 9.17) is 11.7 Å². The number of carboxylic acids is 1. The lowest BCUT2D eigenvalue weighted by Gasteiger charge is -2.23. The SMILES string of the molecule is C#CCN(CC#N)C(=O)C1CC(CC)CC1C(=O)O. The third-order valence-corrected chi connectivity index (χ3v) is 3.73. The fourth-order valence-electron chi connectivity index (χ4n) is 2.66. The molecule has 1 saturated carbocycles. The van der Waals surface area contributed by atoms with E-state index < -0.39 is 17.8 Å². The van der Waals surface area contributed by atoms with Crippen LogP contribution >= 0.6 is 0 Å². The molecule has 5 nitrogen and oxygen atoms in total. The van der Waals surface area contributed by atoms with Gasteiger partial charge in [0.15, 0.2) is 0 Å². The molecular formula is C14H18N2O3. The lowest BCUT2D eigenvalue weighted by atomic mass is 9.94. The first-order valence-corrected chi connectivity index (χ1v) is 6.37. The largest absolute Gasteiger partial charge is 0.481 e. The van der Waals surface area contributed by atoms with E-state index in [-0.39, 0.29) is 24.9 Å². The predicted octanol–water partition coefficient (Wildman–Crippen LogP) is 1.11. The molecule has 1 N–H and O–H groups in total. The highest BCUT2D eigenvalue weighted by Gasteiger charge is 2.43. The van der Waals surface area contributed by atoms with Crippen LogP contribution in [-0.4, -0.2) is 35.0 Å². The summed E-state index contributed by atoms with van der Waals surface area (Å²) in [6.45, 7) is 1.94. The summed E-state index contributed by atoms with van der Waals surface area (Å²) in [5.74, 6) is 0.138. The molecule has 0 spiro atoms. The Labute approximate surface area is 113 Å². The summed E-state index contributed by atoms with van der Waals surface area (Å²) in [5.41, 5.74) is 0. The van der Waals surface area contributed by atoms with E-state index in [2.05, 4.69) is 5.92 Å². The van der Waals surface area contributed by atoms with Crippen molar-refractivity contribution in [2.75, 3.05) is 13.1 Å². The molecule has 0 aromatic carbocycles. The second-order valence-electron chi connectivity index (χ2n) is 4.85. The Hall–Kier alpha value is -2.01. The minimum absolute atomic E-state index is 0.0476. The van der Waals surface area contributed by atoms with Gasteiger partial charge in [0.25, 0.3) is 0 Å². The van der Waals surface area contributed by atoms with Gasteiger partial charge in [0.1, 0.15) is 6.54 Å². The Morgan fingerprint density at radius 2 is 2.00 bits per heavy atom. The summed E-state index contributed by atoms with van der Waals surface area (Å²) < 4.78 is 0. The molecule has 0 heterocycles. The lowest BCUT2D eigenvalue weighted by molar-refractivity contribution is -0.148. The van der Waals surface area contributed by atoms with E-state index in [1.54, 1.807) is 0 Å². The highest BCUT2D eigenvalue weighted by atomic mass is 16.4. The van der Waals surface area contributed by atoms with Crippen molar-refractivity contribution in [3.05, 3.63) is 0 Å². The molecule has 0 aromatic rings. The van der Waals surface area contributed by atoms with Gasteiger partial charge in [0, 0.05) is 0 Å². The quantitative estimate of drug-likeness (QED) is 0.594. The number of carbonyl (C=O) groups excluding carboxylic acids is 1. The van der Waals surface area contributed by atoms with Gasteiger partial charge in [-0.25, -0.2) is 0 Å². The zero-order valence-electron chi connectivity index (χ0n) is 11.0. The molecule has 0 aliphatic heterocycles. The fraction of sp³-hybridized carbons (Fsp3) is 0.643. The number of hydrogen-bond donors (Lipinski definition) is 1. The smallest absolute Gasteiger partial charge is 0.307 e. The summed E-state index contributed by atoms with van der Waals surface area (Å²) in [4.78, 5) is 24.8. The zero-order valence-corrected chi connectivity index (χ0v) is 11.0. The summed E-state index contributed by atoms with van der Waals surface area (Å²) in [5, 5.41) is 17.9. The Morgan fingerprint density at radius 3 is 2.47 bits per heavy atom. The van der Waals surface area contributed by atoms with Crippen molar-refractivity contribution in [3.8, 4) is 18.4 Å². The zero-order chi connectivity index (χ0) is 14.4. The molecule has 1 amide bonds. The normalized spacial score (nSPS) is 25.3. The lowest BCUT2D eigenvalue weighted by Crippen LogP contribution is -2.39. The van der Waals surface area contributed by atoms with Crippen molar-refractivity contribution in [1.29, 1.82) is 5.26 Å². The average molecular weight is 262 g/mol. The van der Waals surface area contributed by atoms with Crippen LogP contribution in [0.3, 0.4) is 0 Å². The van der Waals surface area contributed by atoms with Gasteiger partial charge in [-0.05, 0) is 18.8 Å². The van der Waals surface area contributed by atoms with Gasteiger partial charge in [-0.2, -0.15) is 5.26 Å². The van der Waals surface area contributed by atoms with Gasteiger partial charge >= 0.3 is 5.97 Å². The van der Waals surface area contributed by atoms with Crippen LogP contribution < -0.4 is 0 Å². The van der Waals surface area contributed by atoms with Crippen molar-refractivity contribution < 1.29 is 14.7 Å². The molecular weight excluding hydrogens is 244 g/mol. The number of amides is 1. The van der Waals surface area contributed by atoms with Gasteiger partial charge in [0.05, 0.1) is 24.4 Å².